The molecule has 0 fully saturated rings. The maximum absolute atomic E-state index is 12.6. The minimum absolute atomic E-state index is 0.0460. The maximum atomic E-state index is 12.6. The first kappa shape index (κ1) is 18.2. The van der Waals surface area contributed by atoms with Gasteiger partial charge in [-0.25, -0.2) is 13.1 Å². The monoisotopic (exact) mass is 399 g/mol. The predicted octanol–water partition coefficient (Wildman–Crippen LogP) is 1.51. The molecule has 0 aliphatic carbocycles. The Labute approximate surface area is 160 Å². The smallest absolute Gasteiger partial charge is 0.252 e. The highest BCUT2D eigenvalue weighted by Crippen LogP contribution is 2.26. The average molecular weight is 399 g/mol. The van der Waals surface area contributed by atoms with Crippen LogP contribution < -0.4 is 20.3 Å². The van der Waals surface area contributed by atoms with Gasteiger partial charge in [-0.2, -0.15) is 0 Å². The Morgan fingerprint density at radius 2 is 1.93 bits per heavy atom. The quantitative estimate of drug-likeness (QED) is 0.601. The number of nitrogens with one attached hydrogen (secondary N) is 3. The Hall–Kier alpha value is -3.17. The number of sulfonamides is 1. The zero-order valence-electron chi connectivity index (χ0n) is 14.9. The van der Waals surface area contributed by atoms with Crippen molar-refractivity contribution in [1.82, 2.24) is 9.71 Å². The number of methoxy groups -OCH3 is 1. The second-order valence-corrected chi connectivity index (χ2v) is 8.21. The fourth-order valence-corrected chi connectivity index (χ4v) is 4.17. The molecule has 4 rings (SSSR count). The van der Waals surface area contributed by atoms with Gasteiger partial charge in [0.15, 0.2) is 0 Å². The van der Waals surface area contributed by atoms with Crippen molar-refractivity contribution in [3.63, 3.8) is 0 Å². The molecule has 0 radical (unpaired) electrons. The van der Waals surface area contributed by atoms with Gasteiger partial charge in [0.2, 0.25) is 15.9 Å². The van der Waals surface area contributed by atoms with Gasteiger partial charge in [-0.15, -0.1) is 0 Å². The maximum Gasteiger partial charge on any atom is 0.252 e. The second kappa shape index (κ2) is 6.77. The lowest BCUT2D eigenvalue weighted by atomic mass is 10.1. The normalized spacial score (nSPS) is 13.4. The van der Waals surface area contributed by atoms with E-state index in [1.807, 2.05) is 0 Å². The first-order valence-corrected chi connectivity index (χ1v) is 9.96. The van der Waals surface area contributed by atoms with Crippen LogP contribution in [0.1, 0.15) is 11.1 Å². The zero-order chi connectivity index (χ0) is 19.9. The molecule has 1 aliphatic rings. The van der Waals surface area contributed by atoms with Gasteiger partial charge in [0.05, 0.1) is 23.9 Å². The Morgan fingerprint density at radius 1 is 1.11 bits per heavy atom. The van der Waals surface area contributed by atoms with E-state index in [1.54, 1.807) is 30.3 Å². The van der Waals surface area contributed by atoms with Crippen molar-refractivity contribution in [3.05, 3.63) is 63.9 Å². The Bertz CT molecular complexity index is 1260. The number of hydrogen-bond acceptors (Lipinski definition) is 5. The standard InChI is InChI=1S/C19H17N3O5S/c1-27-14-3-2-11-6-13(19(24)22-17(11)9-14)10-20-28(25,26)15-4-5-16-12(7-15)8-18(23)21-16/h2-7,9,20H,8,10H2,1H3,(H,21,23)(H,22,24). The van der Waals surface area contributed by atoms with E-state index >= 15 is 0 Å². The summed E-state index contributed by atoms with van der Waals surface area (Å²) in [6, 6.07) is 11.3. The minimum atomic E-state index is -3.84. The summed E-state index contributed by atoms with van der Waals surface area (Å²) in [7, 11) is -2.31. The fourth-order valence-electron chi connectivity index (χ4n) is 3.11. The van der Waals surface area contributed by atoms with Crippen molar-refractivity contribution >= 4 is 32.5 Å². The minimum Gasteiger partial charge on any atom is -0.497 e. The SMILES string of the molecule is COc1ccc2cc(CNS(=O)(=O)c3ccc4c(c3)CC(=O)N4)c(=O)[nH]c2c1. The summed E-state index contributed by atoms with van der Waals surface area (Å²) >= 11 is 0. The number of carbonyl (C=O) groups is 1. The average Bonchev–Trinajstić information content (AvgIpc) is 3.05. The topological polar surface area (TPSA) is 117 Å². The summed E-state index contributed by atoms with van der Waals surface area (Å²) in [5, 5.41) is 3.42. The molecular weight excluding hydrogens is 382 g/mol. The number of carbonyl (C=O) groups excluding carboxylic acids is 1. The highest BCUT2D eigenvalue weighted by molar-refractivity contribution is 7.89. The Balaban J connectivity index is 1.58. The summed E-state index contributed by atoms with van der Waals surface area (Å²) in [6.45, 7) is -0.159. The van der Waals surface area contributed by atoms with Crippen LogP contribution in [0.15, 0.2) is 52.2 Å². The van der Waals surface area contributed by atoms with E-state index in [-0.39, 0.29) is 29.3 Å². The van der Waals surface area contributed by atoms with Gasteiger partial charge in [0, 0.05) is 23.9 Å². The van der Waals surface area contributed by atoms with Crippen molar-refractivity contribution in [2.75, 3.05) is 12.4 Å². The molecule has 2 heterocycles. The third-order valence-electron chi connectivity index (χ3n) is 4.59. The van der Waals surface area contributed by atoms with Crippen molar-refractivity contribution in [2.45, 2.75) is 17.9 Å². The molecule has 1 aromatic heterocycles. The van der Waals surface area contributed by atoms with Crippen LogP contribution in [0.5, 0.6) is 5.75 Å². The molecule has 1 amide bonds. The number of H-pyrrole nitrogens is 1. The number of rotatable bonds is 5. The first-order valence-electron chi connectivity index (χ1n) is 8.48. The molecule has 0 saturated heterocycles. The number of hydrogen-bond donors (Lipinski definition) is 3. The van der Waals surface area contributed by atoms with Crippen LogP contribution in [0, 0.1) is 0 Å². The third-order valence-corrected chi connectivity index (χ3v) is 5.99. The summed E-state index contributed by atoms with van der Waals surface area (Å²) in [5.74, 6) is 0.443. The predicted molar refractivity (Wildman–Crippen MR) is 104 cm³/mol. The molecule has 28 heavy (non-hydrogen) atoms. The van der Waals surface area contributed by atoms with Gasteiger partial charge in [-0.3, -0.25) is 9.59 Å². The second-order valence-electron chi connectivity index (χ2n) is 6.45. The summed E-state index contributed by atoms with van der Waals surface area (Å²) in [5.41, 5.74) is 1.76. The van der Waals surface area contributed by atoms with Crippen molar-refractivity contribution in [2.24, 2.45) is 0 Å². The van der Waals surface area contributed by atoms with E-state index < -0.39 is 10.0 Å². The lowest BCUT2D eigenvalue weighted by Crippen LogP contribution is -2.27. The number of fused-ring (bicyclic) bond motifs is 2. The molecule has 3 N–H and O–H groups in total. The molecule has 0 saturated carbocycles. The molecule has 0 spiro atoms. The van der Waals surface area contributed by atoms with Crippen molar-refractivity contribution in [3.8, 4) is 5.75 Å². The van der Waals surface area contributed by atoms with E-state index in [4.69, 9.17) is 4.74 Å². The molecule has 144 valence electrons. The summed E-state index contributed by atoms with van der Waals surface area (Å²) in [4.78, 5) is 26.5. The number of ether oxygens (including phenoxy) is 1. The van der Waals surface area contributed by atoms with Gasteiger partial charge in [0.25, 0.3) is 5.56 Å². The molecular formula is C19H17N3O5S. The number of anilines is 1. The summed E-state index contributed by atoms with van der Waals surface area (Å²) in [6.07, 6.45) is 0.145. The van der Waals surface area contributed by atoms with E-state index in [0.29, 0.717) is 28.1 Å². The first-order chi connectivity index (χ1) is 13.4. The number of aromatic amines is 1. The molecule has 3 aromatic rings. The van der Waals surface area contributed by atoms with Crippen LogP contribution in [0.2, 0.25) is 0 Å². The van der Waals surface area contributed by atoms with E-state index in [0.717, 1.165) is 5.39 Å². The molecule has 0 bridgehead atoms. The van der Waals surface area contributed by atoms with Crippen LogP contribution in [0.4, 0.5) is 5.69 Å². The number of amides is 1. The van der Waals surface area contributed by atoms with Crippen molar-refractivity contribution in [1.29, 1.82) is 0 Å². The Morgan fingerprint density at radius 3 is 2.71 bits per heavy atom. The summed E-state index contributed by atoms with van der Waals surface area (Å²) < 4.78 is 32.8. The number of benzene rings is 2. The number of pyridine rings is 1. The van der Waals surface area contributed by atoms with Crippen LogP contribution in [0.25, 0.3) is 10.9 Å². The lowest BCUT2D eigenvalue weighted by molar-refractivity contribution is -0.115. The zero-order valence-corrected chi connectivity index (χ0v) is 15.7. The van der Waals surface area contributed by atoms with E-state index in [1.165, 1.54) is 19.2 Å². The largest absolute Gasteiger partial charge is 0.497 e. The van der Waals surface area contributed by atoms with Crippen LogP contribution in [-0.4, -0.2) is 26.4 Å². The van der Waals surface area contributed by atoms with Crippen LogP contribution in [-0.2, 0) is 27.8 Å². The van der Waals surface area contributed by atoms with Crippen LogP contribution in [0.3, 0.4) is 0 Å². The van der Waals surface area contributed by atoms with Crippen molar-refractivity contribution < 1.29 is 17.9 Å². The molecule has 0 atom stereocenters. The fraction of sp³-hybridized carbons (Fsp3) is 0.158. The van der Waals surface area contributed by atoms with Gasteiger partial charge in [-0.1, -0.05) is 0 Å². The van der Waals surface area contributed by atoms with E-state index in [9.17, 15) is 18.0 Å². The molecule has 2 aromatic carbocycles. The van der Waals surface area contributed by atoms with Crippen LogP contribution >= 0.6 is 0 Å². The molecule has 8 nitrogen and oxygen atoms in total. The molecule has 9 heteroatoms. The Kier molecular flexibility index (Phi) is 4.40. The van der Waals surface area contributed by atoms with Gasteiger partial charge in [0.1, 0.15) is 5.75 Å². The van der Waals surface area contributed by atoms with Gasteiger partial charge in [-0.05, 0) is 47.3 Å². The van der Waals surface area contributed by atoms with Gasteiger partial charge >= 0.3 is 0 Å². The van der Waals surface area contributed by atoms with E-state index in [2.05, 4.69) is 15.0 Å². The third kappa shape index (κ3) is 3.37. The highest BCUT2D eigenvalue weighted by atomic mass is 32.2. The number of aromatic nitrogens is 1. The molecule has 0 unspecified atom stereocenters. The molecule has 1 aliphatic heterocycles. The lowest BCUT2D eigenvalue weighted by Gasteiger charge is -2.09. The highest BCUT2D eigenvalue weighted by Gasteiger charge is 2.22. The van der Waals surface area contributed by atoms with Gasteiger partial charge < -0.3 is 15.0 Å².